The van der Waals surface area contributed by atoms with Gasteiger partial charge in [0, 0.05) is 0 Å². The average molecular weight is 227 g/mol. The Hall–Kier alpha value is -0.340. The van der Waals surface area contributed by atoms with Crippen LogP contribution in [0.1, 0.15) is 30.0 Å². The summed E-state index contributed by atoms with van der Waals surface area (Å²) in [6.45, 7) is 4.18. The van der Waals surface area contributed by atoms with E-state index >= 15 is 0 Å². The number of halogens is 1. The lowest BCUT2D eigenvalue weighted by Crippen LogP contribution is -2.14. The summed E-state index contributed by atoms with van der Waals surface area (Å²) in [4.78, 5) is 0. The summed E-state index contributed by atoms with van der Waals surface area (Å²) in [5.41, 5.74) is 2.39. The van der Waals surface area contributed by atoms with Gasteiger partial charge in [-0.1, -0.05) is 40.2 Å². The molecule has 2 rings (SSSR count). The van der Waals surface area contributed by atoms with Gasteiger partial charge in [-0.05, 0) is 25.0 Å². The molecular weight excluding hydrogens is 216 g/mol. The first kappa shape index (κ1) is 8.27. The third-order valence-corrected chi connectivity index (χ3v) is 2.93. The van der Waals surface area contributed by atoms with Crippen molar-refractivity contribution in [3.63, 3.8) is 0 Å². The zero-order chi connectivity index (χ0) is 8.77. The minimum atomic E-state index is -0.148. The monoisotopic (exact) mass is 226 g/mol. The molecule has 0 saturated heterocycles. The summed E-state index contributed by atoms with van der Waals surface area (Å²) < 4.78 is 5.74. The van der Waals surface area contributed by atoms with Crippen LogP contribution in [0.5, 0.6) is 0 Å². The maximum atomic E-state index is 5.74. The predicted molar refractivity (Wildman–Crippen MR) is 52.2 cm³/mol. The second-order valence-electron chi connectivity index (χ2n) is 3.53. The normalized spacial score (nSPS) is 25.4. The molecule has 1 atom stereocenters. The second-order valence-corrected chi connectivity index (χ2v) is 4.36. The van der Waals surface area contributed by atoms with Crippen molar-refractivity contribution in [2.45, 2.75) is 24.5 Å². The molecule has 0 fully saturated rings. The van der Waals surface area contributed by atoms with Crippen molar-refractivity contribution in [1.29, 1.82) is 0 Å². The Morgan fingerprint density at radius 3 is 2.67 bits per heavy atom. The largest absolute Gasteiger partial charge is 0.352 e. The van der Waals surface area contributed by atoms with Crippen LogP contribution < -0.4 is 0 Å². The second kappa shape index (κ2) is 2.57. The van der Waals surface area contributed by atoms with Crippen molar-refractivity contribution in [2.24, 2.45) is 0 Å². The molecular formula is C10H11BrO. The molecule has 1 aromatic carbocycles. The Morgan fingerprint density at radius 2 is 2.00 bits per heavy atom. The van der Waals surface area contributed by atoms with Crippen molar-refractivity contribution >= 4 is 15.9 Å². The van der Waals surface area contributed by atoms with Crippen LogP contribution in [0.15, 0.2) is 24.3 Å². The highest BCUT2D eigenvalue weighted by Crippen LogP contribution is 2.45. The number of hydrogen-bond donors (Lipinski definition) is 0. The van der Waals surface area contributed by atoms with Gasteiger partial charge in [0.15, 0.2) is 0 Å². The van der Waals surface area contributed by atoms with E-state index in [-0.39, 0.29) is 10.6 Å². The van der Waals surface area contributed by atoms with Crippen molar-refractivity contribution in [1.82, 2.24) is 0 Å². The predicted octanol–water partition coefficient (Wildman–Crippen LogP) is 3.35. The van der Waals surface area contributed by atoms with E-state index in [0.717, 1.165) is 0 Å². The van der Waals surface area contributed by atoms with E-state index in [2.05, 4.69) is 48.0 Å². The van der Waals surface area contributed by atoms with Crippen LogP contribution in [-0.2, 0) is 10.3 Å². The lowest BCUT2D eigenvalue weighted by Gasteiger charge is -2.18. The van der Waals surface area contributed by atoms with Gasteiger partial charge in [-0.15, -0.1) is 0 Å². The summed E-state index contributed by atoms with van der Waals surface area (Å²) in [6, 6.07) is 8.31. The molecule has 12 heavy (non-hydrogen) atoms. The molecule has 0 aromatic heterocycles. The maximum Gasteiger partial charge on any atom is 0.139 e. The van der Waals surface area contributed by atoms with Gasteiger partial charge >= 0.3 is 0 Å². The molecule has 0 N–H and O–H groups in total. The summed E-state index contributed by atoms with van der Waals surface area (Å²) in [7, 11) is 0. The van der Waals surface area contributed by atoms with Crippen LogP contribution in [0.2, 0.25) is 0 Å². The first-order valence-electron chi connectivity index (χ1n) is 4.02. The van der Waals surface area contributed by atoms with Crippen LogP contribution in [0.25, 0.3) is 0 Å². The molecule has 1 aliphatic heterocycles. The third kappa shape index (κ3) is 1.10. The van der Waals surface area contributed by atoms with Gasteiger partial charge in [0.1, 0.15) is 5.01 Å². The summed E-state index contributed by atoms with van der Waals surface area (Å²) in [6.07, 6.45) is 0. The number of fused-ring (bicyclic) bond motifs is 1. The van der Waals surface area contributed by atoms with Crippen molar-refractivity contribution in [2.75, 3.05) is 0 Å². The topological polar surface area (TPSA) is 9.23 Å². The van der Waals surface area contributed by atoms with Gasteiger partial charge in [-0.3, -0.25) is 0 Å². The van der Waals surface area contributed by atoms with E-state index in [4.69, 9.17) is 4.74 Å². The summed E-state index contributed by atoms with van der Waals surface area (Å²) in [5, 5.41) is 0.0590. The van der Waals surface area contributed by atoms with Gasteiger partial charge < -0.3 is 4.74 Å². The minimum Gasteiger partial charge on any atom is -0.352 e. The minimum absolute atomic E-state index is 0.0590. The van der Waals surface area contributed by atoms with E-state index in [1.807, 2.05) is 6.07 Å². The number of ether oxygens (including phenoxy) is 1. The van der Waals surface area contributed by atoms with Crippen LogP contribution >= 0.6 is 15.9 Å². The highest BCUT2D eigenvalue weighted by molar-refractivity contribution is 9.09. The van der Waals surface area contributed by atoms with Gasteiger partial charge in [0.2, 0.25) is 0 Å². The molecule has 1 aliphatic rings. The van der Waals surface area contributed by atoms with Crippen LogP contribution in [0, 0.1) is 0 Å². The fraction of sp³-hybridized carbons (Fsp3) is 0.400. The summed E-state index contributed by atoms with van der Waals surface area (Å²) in [5.74, 6) is 0. The molecule has 0 spiro atoms. The van der Waals surface area contributed by atoms with Gasteiger partial charge in [-0.25, -0.2) is 0 Å². The Kier molecular flexibility index (Phi) is 1.77. The Labute approximate surface area is 80.9 Å². The molecule has 0 radical (unpaired) electrons. The average Bonchev–Trinajstić information content (AvgIpc) is 2.25. The molecule has 0 bridgehead atoms. The van der Waals surface area contributed by atoms with Crippen LogP contribution in [0.4, 0.5) is 0 Å². The van der Waals surface area contributed by atoms with E-state index in [0.29, 0.717) is 0 Å². The van der Waals surface area contributed by atoms with Gasteiger partial charge in [0.25, 0.3) is 0 Å². The van der Waals surface area contributed by atoms with Gasteiger partial charge in [0.05, 0.1) is 5.60 Å². The fourth-order valence-electron chi connectivity index (χ4n) is 1.63. The lowest BCUT2D eigenvalue weighted by atomic mass is 9.97. The zero-order valence-electron chi connectivity index (χ0n) is 7.17. The Morgan fingerprint density at radius 1 is 1.33 bits per heavy atom. The first-order chi connectivity index (χ1) is 5.61. The van der Waals surface area contributed by atoms with Crippen molar-refractivity contribution in [3.05, 3.63) is 35.4 Å². The maximum absolute atomic E-state index is 5.74. The highest BCUT2D eigenvalue weighted by Gasteiger charge is 2.35. The molecule has 1 heterocycles. The third-order valence-electron chi connectivity index (χ3n) is 2.25. The number of rotatable bonds is 0. The molecule has 64 valence electrons. The molecule has 2 heteroatoms. The van der Waals surface area contributed by atoms with Gasteiger partial charge in [-0.2, -0.15) is 0 Å². The standard InChI is InChI=1S/C10H11BrO/c1-10(2)8-6-4-3-5-7(8)9(11)12-10/h3-6,9H,1-2H3. The first-order valence-corrected chi connectivity index (χ1v) is 4.94. The molecule has 1 aromatic rings. The lowest BCUT2D eigenvalue weighted by molar-refractivity contribution is -0.00973. The zero-order valence-corrected chi connectivity index (χ0v) is 8.76. The van der Waals surface area contributed by atoms with Crippen molar-refractivity contribution < 1.29 is 4.74 Å². The van der Waals surface area contributed by atoms with E-state index in [1.54, 1.807) is 0 Å². The van der Waals surface area contributed by atoms with E-state index in [1.165, 1.54) is 11.1 Å². The Balaban J connectivity index is 2.58. The molecule has 1 unspecified atom stereocenters. The van der Waals surface area contributed by atoms with Crippen molar-refractivity contribution in [3.8, 4) is 0 Å². The number of alkyl halides is 1. The van der Waals surface area contributed by atoms with E-state index in [9.17, 15) is 0 Å². The van der Waals surface area contributed by atoms with Crippen LogP contribution in [0.3, 0.4) is 0 Å². The van der Waals surface area contributed by atoms with Crippen LogP contribution in [-0.4, -0.2) is 0 Å². The highest BCUT2D eigenvalue weighted by atomic mass is 79.9. The quantitative estimate of drug-likeness (QED) is 0.617. The molecule has 1 nitrogen and oxygen atoms in total. The smallest absolute Gasteiger partial charge is 0.139 e. The molecule has 0 amide bonds. The summed E-state index contributed by atoms with van der Waals surface area (Å²) >= 11 is 3.49. The fourth-order valence-corrected chi connectivity index (χ4v) is 2.50. The SMILES string of the molecule is CC1(C)OC(Br)c2ccccc21. The Bertz CT molecular complexity index is 306. The number of benzene rings is 1. The molecule has 0 aliphatic carbocycles. The number of hydrogen-bond acceptors (Lipinski definition) is 1. The molecule has 0 saturated carbocycles. The van der Waals surface area contributed by atoms with E-state index < -0.39 is 0 Å².